The average Bonchev–Trinajstić information content (AvgIpc) is 2.98. The molecule has 2 fully saturated rings. The molecule has 0 aromatic carbocycles. The zero-order chi connectivity index (χ0) is 20.1. The molecule has 0 radical (unpaired) electrons. The van der Waals surface area contributed by atoms with E-state index >= 15 is 0 Å². The highest BCUT2D eigenvalue weighted by Crippen LogP contribution is 2.30. The molecule has 3 rings (SSSR count). The number of likely N-dealkylation sites (tertiary alicyclic amines) is 1. The molecule has 0 bridgehead atoms. The first-order valence-corrected chi connectivity index (χ1v) is 9.55. The molecule has 0 saturated carbocycles. The second-order valence-electron chi connectivity index (χ2n) is 7.27. The lowest BCUT2D eigenvalue weighted by Gasteiger charge is -2.39. The van der Waals surface area contributed by atoms with E-state index in [4.69, 9.17) is 4.74 Å². The number of aromatic nitrogens is 1. The summed E-state index contributed by atoms with van der Waals surface area (Å²) >= 11 is 0. The summed E-state index contributed by atoms with van der Waals surface area (Å²) in [5.41, 5.74) is 0.134. The summed E-state index contributed by atoms with van der Waals surface area (Å²) < 4.78 is 5.16. The minimum Gasteiger partial charge on any atom is -0.481 e. The molecule has 1 unspecified atom stereocenters. The number of imide groups is 1. The Bertz CT molecular complexity index is 766. The number of carbonyl (C=O) groups excluding carboxylic acids is 2. The maximum Gasteiger partial charge on any atom is 0.322 e. The fourth-order valence-electron chi connectivity index (χ4n) is 3.86. The van der Waals surface area contributed by atoms with Crippen LogP contribution in [0.2, 0.25) is 0 Å². The van der Waals surface area contributed by atoms with Crippen LogP contribution in [0.25, 0.3) is 0 Å². The molecule has 160 valence electrons. The van der Waals surface area contributed by atoms with Gasteiger partial charge in [-0.1, -0.05) is 6.07 Å². The highest BCUT2D eigenvalue weighted by atomic mass is 127. The Hall–Kier alpha value is -2.11. The summed E-state index contributed by atoms with van der Waals surface area (Å²) in [5, 5.41) is 8.52. The number of hydrogen-bond acceptors (Lipinski definition) is 5. The van der Waals surface area contributed by atoms with Gasteiger partial charge in [0.05, 0.1) is 7.11 Å². The Labute approximate surface area is 188 Å². The van der Waals surface area contributed by atoms with Crippen molar-refractivity contribution in [3.8, 4) is 5.88 Å². The van der Waals surface area contributed by atoms with Crippen molar-refractivity contribution < 1.29 is 14.3 Å². The van der Waals surface area contributed by atoms with Crippen LogP contribution in [-0.2, 0) is 11.2 Å². The molecule has 3 heterocycles. The Kier molecular flexibility index (Phi) is 8.05. The summed E-state index contributed by atoms with van der Waals surface area (Å²) in [4.78, 5) is 34.6. The van der Waals surface area contributed by atoms with E-state index in [9.17, 15) is 9.59 Å². The van der Waals surface area contributed by atoms with Crippen LogP contribution in [0.15, 0.2) is 23.2 Å². The Morgan fingerprint density at radius 1 is 1.38 bits per heavy atom. The molecular formula is C19H29IN6O3. The van der Waals surface area contributed by atoms with Crippen molar-refractivity contribution in [3.63, 3.8) is 0 Å². The highest BCUT2D eigenvalue weighted by Gasteiger charge is 2.48. The first kappa shape index (κ1) is 23.2. The van der Waals surface area contributed by atoms with Gasteiger partial charge in [-0.3, -0.25) is 15.1 Å². The van der Waals surface area contributed by atoms with Crippen molar-refractivity contribution in [2.24, 2.45) is 10.9 Å². The van der Waals surface area contributed by atoms with E-state index in [1.54, 1.807) is 14.2 Å². The predicted octanol–water partition coefficient (Wildman–Crippen LogP) is 1.14. The predicted molar refractivity (Wildman–Crippen MR) is 121 cm³/mol. The zero-order valence-electron chi connectivity index (χ0n) is 17.0. The van der Waals surface area contributed by atoms with Crippen LogP contribution in [0.4, 0.5) is 4.79 Å². The third-order valence-electron chi connectivity index (χ3n) is 5.55. The Morgan fingerprint density at radius 2 is 2.10 bits per heavy atom. The smallest absolute Gasteiger partial charge is 0.322 e. The summed E-state index contributed by atoms with van der Waals surface area (Å²) in [6.07, 6.45) is 2.38. The molecule has 3 amide bonds. The number of ether oxygens (including phenoxy) is 1. The maximum absolute atomic E-state index is 12.1. The standard InChI is InChI=1S/C19H28N6O3.HI/c1-19(16(26)23-18(27)24-19)13-8-11-25(12-9-13)17(20-2)21-10-7-14-5-4-6-15(22-14)28-3;/h4-6,13H,7-12H2,1-3H3,(H,20,21)(H2,23,24,26,27);1H. The van der Waals surface area contributed by atoms with Gasteiger partial charge in [0.15, 0.2) is 5.96 Å². The van der Waals surface area contributed by atoms with E-state index in [0.717, 1.165) is 44.0 Å². The van der Waals surface area contributed by atoms with Crippen LogP contribution in [-0.4, -0.2) is 67.1 Å². The van der Waals surface area contributed by atoms with Gasteiger partial charge in [-0.05, 0) is 31.7 Å². The lowest BCUT2D eigenvalue weighted by atomic mass is 9.79. The van der Waals surface area contributed by atoms with E-state index in [0.29, 0.717) is 12.4 Å². The van der Waals surface area contributed by atoms with Crippen LogP contribution in [0.3, 0.4) is 0 Å². The molecule has 10 heteroatoms. The summed E-state index contributed by atoms with van der Waals surface area (Å²) in [6.45, 7) is 4.08. The number of hydrogen-bond donors (Lipinski definition) is 3. The molecule has 9 nitrogen and oxygen atoms in total. The number of guanidine groups is 1. The number of nitrogens with zero attached hydrogens (tertiary/aromatic N) is 3. The van der Waals surface area contributed by atoms with Crippen LogP contribution >= 0.6 is 24.0 Å². The topological polar surface area (TPSA) is 108 Å². The van der Waals surface area contributed by atoms with Gasteiger partial charge in [0.25, 0.3) is 5.91 Å². The van der Waals surface area contributed by atoms with Crippen LogP contribution < -0.4 is 20.7 Å². The van der Waals surface area contributed by atoms with Gasteiger partial charge in [-0.25, -0.2) is 9.78 Å². The molecule has 1 atom stereocenters. The van der Waals surface area contributed by atoms with Gasteiger partial charge in [0.1, 0.15) is 5.54 Å². The Balaban J connectivity index is 0.00000300. The van der Waals surface area contributed by atoms with E-state index in [1.807, 2.05) is 25.1 Å². The molecule has 2 aliphatic rings. The van der Waals surface area contributed by atoms with Crippen LogP contribution in [0, 0.1) is 5.92 Å². The van der Waals surface area contributed by atoms with Crippen molar-refractivity contribution in [3.05, 3.63) is 23.9 Å². The van der Waals surface area contributed by atoms with E-state index in [1.165, 1.54) is 0 Å². The third kappa shape index (κ3) is 5.28. The second kappa shape index (κ2) is 10.1. The fourth-order valence-corrected chi connectivity index (χ4v) is 3.86. The number of urea groups is 1. The Morgan fingerprint density at radius 3 is 2.69 bits per heavy atom. The SMILES string of the molecule is CN=C(NCCc1cccc(OC)n1)N1CCC(C2(C)NC(=O)NC2=O)CC1.I. The number of nitrogens with one attached hydrogen (secondary N) is 3. The van der Waals surface area contributed by atoms with Gasteiger partial charge >= 0.3 is 6.03 Å². The normalized spacial score (nSPS) is 22.6. The summed E-state index contributed by atoms with van der Waals surface area (Å²) in [7, 11) is 3.38. The molecule has 1 aromatic heterocycles. The van der Waals surface area contributed by atoms with Crippen molar-refractivity contribution >= 4 is 41.9 Å². The molecule has 0 aliphatic carbocycles. The number of methoxy groups -OCH3 is 1. The third-order valence-corrected chi connectivity index (χ3v) is 5.55. The monoisotopic (exact) mass is 516 g/mol. The van der Waals surface area contributed by atoms with E-state index in [2.05, 4.69) is 30.8 Å². The second-order valence-corrected chi connectivity index (χ2v) is 7.27. The first-order valence-electron chi connectivity index (χ1n) is 9.55. The molecule has 1 aromatic rings. The number of carbonyl (C=O) groups is 2. The van der Waals surface area contributed by atoms with Gasteiger partial charge in [-0.15, -0.1) is 24.0 Å². The van der Waals surface area contributed by atoms with Crippen LogP contribution in [0.5, 0.6) is 5.88 Å². The van der Waals surface area contributed by atoms with E-state index < -0.39 is 11.6 Å². The maximum atomic E-state index is 12.1. The zero-order valence-corrected chi connectivity index (χ0v) is 19.4. The fraction of sp³-hybridized carbons (Fsp3) is 0.579. The number of aliphatic imine (C=N–C) groups is 1. The molecular weight excluding hydrogens is 487 g/mol. The molecule has 2 aliphatic heterocycles. The minimum absolute atomic E-state index is 0. The van der Waals surface area contributed by atoms with Gasteiger partial charge < -0.3 is 20.3 Å². The number of halogens is 1. The highest BCUT2D eigenvalue weighted by molar-refractivity contribution is 14.0. The molecule has 29 heavy (non-hydrogen) atoms. The average molecular weight is 516 g/mol. The van der Waals surface area contributed by atoms with Crippen molar-refractivity contribution in [2.45, 2.75) is 31.7 Å². The number of pyridine rings is 1. The summed E-state index contributed by atoms with van der Waals surface area (Å²) in [5.74, 6) is 1.32. The minimum atomic E-state index is -0.821. The van der Waals surface area contributed by atoms with E-state index in [-0.39, 0.29) is 35.8 Å². The van der Waals surface area contributed by atoms with Crippen molar-refractivity contribution in [2.75, 3.05) is 33.8 Å². The lowest BCUT2D eigenvalue weighted by molar-refractivity contribution is -0.125. The lowest BCUT2D eigenvalue weighted by Crippen LogP contribution is -2.55. The molecule has 3 N–H and O–H groups in total. The van der Waals surface area contributed by atoms with Gasteiger partial charge in [0, 0.05) is 44.9 Å². The number of amides is 3. The largest absolute Gasteiger partial charge is 0.481 e. The van der Waals surface area contributed by atoms with Gasteiger partial charge in [-0.2, -0.15) is 0 Å². The van der Waals surface area contributed by atoms with Crippen LogP contribution in [0.1, 0.15) is 25.5 Å². The number of rotatable bonds is 5. The molecule has 2 saturated heterocycles. The number of piperidine rings is 1. The first-order chi connectivity index (χ1) is 13.5. The molecule has 0 spiro atoms. The summed E-state index contributed by atoms with van der Waals surface area (Å²) in [6, 6.07) is 5.32. The van der Waals surface area contributed by atoms with Crippen molar-refractivity contribution in [1.82, 2.24) is 25.8 Å². The van der Waals surface area contributed by atoms with Gasteiger partial charge in [0.2, 0.25) is 5.88 Å². The quantitative estimate of drug-likeness (QED) is 0.235. The van der Waals surface area contributed by atoms with Crippen molar-refractivity contribution in [1.29, 1.82) is 0 Å².